The van der Waals surface area contributed by atoms with Crippen molar-refractivity contribution in [2.75, 3.05) is 11.9 Å². The second-order valence-electron chi connectivity index (χ2n) is 6.85. The lowest BCUT2D eigenvalue weighted by Crippen LogP contribution is -2.17. The van der Waals surface area contributed by atoms with Crippen LogP contribution in [0.15, 0.2) is 71.6 Å². The highest BCUT2D eigenvalue weighted by molar-refractivity contribution is 7.98. The molecule has 0 saturated heterocycles. The number of hydrogen-bond acceptors (Lipinski definition) is 3. The Morgan fingerprint density at radius 3 is 2.42 bits per heavy atom. The predicted molar refractivity (Wildman–Crippen MR) is 118 cm³/mol. The molecule has 0 unspecified atom stereocenters. The van der Waals surface area contributed by atoms with Crippen molar-refractivity contribution < 1.29 is 22.7 Å². The average molecular weight is 446 g/mol. The predicted octanol–water partition coefficient (Wildman–Crippen LogP) is 6.96. The van der Waals surface area contributed by atoms with Crippen LogP contribution in [0.4, 0.5) is 18.9 Å². The van der Waals surface area contributed by atoms with Gasteiger partial charge in [0.2, 0.25) is 0 Å². The second-order valence-corrected chi connectivity index (χ2v) is 7.90. The van der Waals surface area contributed by atoms with Crippen LogP contribution >= 0.6 is 11.8 Å². The Kier molecular flexibility index (Phi) is 7.28. The first-order valence-electron chi connectivity index (χ1n) is 9.70. The molecule has 0 radical (unpaired) electrons. The number of nitrogens with one attached hydrogen (secondary N) is 1. The van der Waals surface area contributed by atoms with E-state index in [1.165, 1.54) is 18.2 Å². The van der Waals surface area contributed by atoms with E-state index in [9.17, 15) is 18.0 Å². The number of ether oxygens (including phenoxy) is 1. The Bertz CT molecular complexity index is 1050. The van der Waals surface area contributed by atoms with Crippen molar-refractivity contribution >= 4 is 23.4 Å². The number of alkyl halides is 3. The summed E-state index contributed by atoms with van der Waals surface area (Å²) < 4.78 is 45.3. The van der Waals surface area contributed by atoms with Crippen molar-refractivity contribution in [2.45, 2.75) is 30.7 Å². The Hall–Kier alpha value is -2.93. The van der Waals surface area contributed by atoms with Crippen LogP contribution in [0.3, 0.4) is 0 Å². The van der Waals surface area contributed by atoms with Gasteiger partial charge in [-0.1, -0.05) is 29.8 Å². The van der Waals surface area contributed by atoms with Gasteiger partial charge in [-0.15, -0.1) is 11.8 Å². The summed E-state index contributed by atoms with van der Waals surface area (Å²) in [6.07, 6.45) is -4.56. The fraction of sp³-hybridized carbons (Fsp3) is 0.208. The number of benzene rings is 3. The number of carbonyl (C=O) groups is 1. The van der Waals surface area contributed by atoms with Crippen LogP contribution in [0.1, 0.15) is 34.0 Å². The molecule has 7 heteroatoms. The number of thioether (sulfide) groups is 1. The molecule has 0 heterocycles. The van der Waals surface area contributed by atoms with Gasteiger partial charge in [0, 0.05) is 21.8 Å². The summed E-state index contributed by atoms with van der Waals surface area (Å²) >= 11 is 1.59. The third kappa shape index (κ3) is 6.04. The van der Waals surface area contributed by atoms with Crippen molar-refractivity contribution in [1.82, 2.24) is 0 Å². The molecular formula is C24H22F3NO2S. The van der Waals surface area contributed by atoms with Gasteiger partial charge in [-0.25, -0.2) is 0 Å². The van der Waals surface area contributed by atoms with E-state index in [1.54, 1.807) is 30.0 Å². The molecule has 3 rings (SSSR count). The number of amides is 1. The van der Waals surface area contributed by atoms with Crippen LogP contribution < -0.4 is 10.1 Å². The number of para-hydroxylation sites is 1. The fourth-order valence-electron chi connectivity index (χ4n) is 2.96. The molecule has 0 aliphatic heterocycles. The van der Waals surface area contributed by atoms with Crippen LogP contribution in [0.5, 0.6) is 5.75 Å². The van der Waals surface area contributed by atoms with E-state index in [0.29, 0.717) is 18.1 Å². The van der Waals surface area contributed by atoms with Crippen molar-refractivity contribution in [1.29, 1.82) is 0 Å². The molecule has 0 atom stereocenters. The Labute approximate surface area is 183 Å². The first kappa shape index (κ1) is 22.7. The van der Waals surface area contributed by atoms with Gasteiger partial charge in [-0.3, -0.25) is 4.79 Å². The highest BCUT2D eigenvalue weighted by Gasteiger charge is 2.33. The molecule has 1 N–H and O–H groups in total. The molecule has 1 amide bonds. The lowest BCUT2D eigenvalue weighted by atomic mass is 10.1. The van der Waals surface area contributed by atoms with E-state index >= 15 is 0 Å². The number of hydrogen-bond donors (Lipinski definition) is 1. The number of aryl methyl sites for hydroxylation is 1. The van der Waals surface area contributed by atoms with E-state index in [2.05, 4.69) is 5.32 Å². The minimum absolute atomic E-state index is 0.264. The molecule has 3 aromatic carbocycles. The maximum Gasteiger partial charge on any atom is 0.418 e. The zero-order chi connectivity index (χ0) is 22.4. The van der Waals surface area contributed by atoms with Crippen LogP contribution in [0, 0.1) is 6.92 Å². The van der Waals surface area contributed by atoms with Crippen LogP contribution in [0.25, 0.3) is 0 Å². The largest absolute Gasteiger partial charge is 0.494 e. The van der Waals surface area contributed by atoms with E-state index in [-0.39, 0.29) is 11.3 Å². The van der Waals surface area contributed by atoms with Crippen LogP contribution in [0.2, 0.25) is 0 Å². The Morgan fingerprint density at radius 1 is 1.03 bits per heavy atom. The standard InChI is InChI=1S/C24H22F3NO2S/c1-3-30-22-13-10-17(14-18(22)15-31-19-11-8-16(2)9-12-19)23(29)28-21-7-5-4-6-20(21)24(25,26)27/h4-14H,3,15H2,1-2H3,(H,28,29). The molecule has 31 heavy (non-hydrogen) atoms. The SMILES string of the molecule is CCOc1ccc(C(=O)Nc2ccccc2C(F)(F)F)cc1CSc1ccc(C)cc1. The summed E-state index contributed by atoms with van der Waals surface area (Å²) in [4.78, 5) is 13.8. The van der Waals surface area contributed by atoms with Gasteiger partial charge in [0.25, 0.3) is 5.91 Å². The molecule has 3 nitrogen and oxygen atoms in total. The fourth-order valence-corrected chi connectivity index (χ4v) is 3.84. The Balaban J connectivity index is 1.82. The summed E-state index contributed by atoms with van der Waals surface area (Å²) in [5.41, 5.74) is 1.06. The summed E-state index contributed by atoms with van der Waals surface area (Å²) in [7, 11) is 0. The summed E-state index contributed by atoms with van der Waals surface area (Å²) in [6.45, 7) is 4.35. The van der Waals surface area contributed by atoms with Gasteiger partial charge in [0.05, 0.1) is 17.9 Å². The first-order valence-corrected chi connectivity index (χ1v) is 10.7. The number of anilines is 1. The molecule has 3 aromatic rings. The van der Waals surface area contributed by atoms with Crippen molar-refractivity contribution in [3.8, 4) is 5.75 Å². The van der Waals surface area contributed by atoms with Crippen LogP contribution in [-0.2, 0) is 11.9 Å². The quantitative estimate of drug-likeness (QED) is 0.400. The summed E-state index contributed by atoms with van der Waals surface area (Å²) in [5.74, 6) is 0.592. The van der Waals surface area contributed by atoms with Gasteiger partial charge < -0.3 is 10.1 Å². The lowest BCUT2D eigenvalue weighted by molar-refractivity contribution is -0.136. The molecule has 0 aliphatic carbocycles. The maximum absolute atomic E-state index is 13.2. The number of halogens is 3. The smallest absolute Gasteiger partial charge is 0.418 e. The second kappa shape index (κ2) is 9.92. The number of rotatable bonds is 7. The molecule has 0 fully saturated rings. The molecule has 0 aliphatic rings. The van der Waals surface area contributed by atoms with Crippen LogP contribution in [-0.4, -0.2) is 12.5 Å². The minimum Gasteiger partial charge on any atom is -0.494 e. The molecule has 0 saturated carbocycles. The molecule has 0 aromatic heterocycles. The average Bonchev–Trinajstić information content (AvgIpc) is 2.74. The third-order valence-electron chi connectivity index (χ3n) is 4.52. The highest BCUT2D eigenvalue weighted by atomic mass is 32.2. The molecular weight excluding hydrogens is 423 g/mol. The van der Waals surface area contributed by atoms with Gasteiger partial charge in [-0.2, -0.15) is 13.2 Å². The molecule has 162 valence electrons. The van der Waals surface area contributed by atoms with E-state index in [1.807, 2.05) is 38.1 Å². The minimum atomic E-state index is -4.56. The van der Waals surface area contributed by atoms with E-state index in [4.69, 9.17) is 4.74 Å². The maximum atomic E-state index is 13.2. The zero-order valence-electron chi connectivity index (χ0n) is 17.1. The molecule has 0 spiro atoms. The van der Waals surface area contributed by atoms with Crippen molar-refractivity contribution in [3.63, 3.8) is 0 Å². The third-order valence-corrected chi connectivity index (χ3v) is 5.58. The van der Waals surface area contributed by atoms with E-state index < -0.39 is 17.6 Å². The normalized spacial score (nSPS) is 11.3. The van der Waals surface area contributed by atoms with Gasteiger partial charge >= 0.3 is 6.18 Å². The zero-order valence-corrected chi connectivity index (χ0v) is 17.9. The lowest BCUT2D eigenvalue weighted by Gasteiger charge is -2.15. The topological polar surface area (TPSA) is 38.3 Å². The Morgan fingerprint density at radius 2 is 1.74 bits per heavy atom. The van der Waals surface area contributed by atoms with Crippen molar-refractivity contribution in [2.24, 2.45) is 0 Å². The van der Waals surface area contributed by atoms with Gasteiger partial charge in [-0.05, 0) is 56.3 Å². The monoisotopic (exact) mass is 445 g/mol. The molecule has 0 bridgehead atoms. The summed E-state index contributed by atoms with van der Waals surface area (Å²) in [6, 6.07) is 17.9. The van der Waals surface area contributed by atoms with E-state index in [0.717, 1.165) is 22.1 Å². The highest BCUT2D eigenvalue weighted by Crippen LogP contribution is 2.35. The first-order chi connectivity index (χ1) is 14.8. The summed E-state index contributed by atoms with van der Waals surface area (Å²) in [5, 5.41) is 2.39. The van der Waals surface area contributed by atoms with Gasteiger partial charge in [0.1, 0.15) is 5.75 Å². The van der Waals surface area contributed by atoms with Gasteiger partial charge in [0.15, 0.2) is 0 Å². The number of carbonyl (C=O) groups excluding carboxylic acids is 1. The van der Waals surface area contributed by atoms with Crippen molar-refractivity contribution in [3.05, 3.63) is 89.0 Å².